The van der Waals surface area contributed by atoms with Crippen molar-refractivity contribution in [3.8, 4) is 5.75 Å². The Labute approximate surface area is 203 Å². The van der Waals surface area contributed by atoms with Gasteiger partial charge in [-0.05, 0) is 36.2 Å². The standard InChI is InChI=1S/C23H26Cl3N3O3/c1-14(2)10-21(30)29-8-6-28(7-9-29)20-5-4-16(13-17(20)24)27-23(31)15-11-18(25)22(32-3)19(26)12-15/h4-5,11-14H,6-10H2,1-3H3,(H,27,31). The maximum Gasteiger partial charge on any atom is 0.255 e. The molecule has 9 heteroatoms. The van der Waals surface area contributed by atoms with Crippen LogP contribution in [0.15, 0.2) is 30.3 Å². The SMILES string of the molecule is COc1c(Cl)cc(C(=O)Nc2ccc(N3CCN(C(=O)CC(C)C)CC3)c(Cl)c2)cc1Cl. The molecule has 0 saturated carbocycles. The van der Waals surface area contributed by atoms with Gasteiger partial charge in [-0.1, -0.05) is 48.7 Å². The van der Waals surface area contributed by atoms with Crippen LogP contribution in [0.4, 0.5) is 11.4 Å². The van der Waals surface area contributed by atoms with E-state index in [1.165, 1.54) is 19.2 Å². The van der Waals surface area contributed by atoms with E-state index in [0.717, 1.165) is 5.69 Å². The van der Waals surface area contributed by atoms with E-state index in [0.29, 0.717) is 60.5 Å². The predicted molar refractivity (Wildman–Crippen MR) is 131 cm³/mol. The van der Waals surface area contributed by atoms with Gasteiger partial charge in [-0.3, -0.25) is 9.59 Å². The third-order valence-electron chi connectivity index (χ3n) is 5.23. The molecule has 1 fully saturated rings. The molecule has 2 amide bonds. The van der Waals surface area contributed by atoms with Crippen LogP contribution < -0.4 is 15.0 Å². The lowest BCUT2D eigenvalue weighted by Gasteiger charge is -2.36. The molecule has 6 nitrogen and oxygen atoms in total. The molecular formula is C23H26Cl3N3O3. The van der Waals surface area contributed by atoms with Gasteiger partial charge in [-0.2, -0.15) is 0 Å². The van der Waals surface area contributed by atoms with Gasteiger partial charge >= 0.3 is 0 Å². The molecule has 172 valence electrons. The third kappa shape index (κ3) is 5.80. The molecule has 1 aliphatic heterocycles. The largest absolute Gasteiger partial charge is 0.494 e. The maximum absolute atomic E-state index is 12.6. The number of carbonyl (C=O) groups excluding carboxylic acids is 2. The van der Waals surface area contributed by atoms with Gasteiger partial charge in [0.05, 0.1) is 27.9 Å². The molecule has 0 aliphatic carbocycles. The average Bonchev–Trinajstić information content (AvgIpc) is 2.73. The van der Waals surface area contributed by atoms with Crippen LogP contribution in [0.25, 0.3) is 0 Å². The molecule has 1 heterocycles. The zero-order chi connectivity index (χ0) is 23.4. The first-order valence-corrected chi connectivity index (χ1v) is 11.5. The van der Waals surface area contributed by atoms with Gasteiger partial charge in [0.25, 0.3) is 5.91 Å². The second-order valence-corrected chi connectivity index (χ2v) is 9.28. The minimum absolute atomic E-state index is 0.197. The number of nitrogens with one attached hydrogen (secondary N) is 1. The lowest BCUT2D eigenvalue weighted by atomic mass is 10.1. The molecule has 0 radical (unpaired) electrons. The average molecular weight is 499 g/mol. The van der Waals surface area contributed by atoms with Crippen LogP contribution in [0.2, 0.25) is 15.1 Å². The monoisotopic (exact) mass is 497 g/mol. The number of amides is 2. The predicted octanol–water partition coefficient (Wildman–Crippen LogP) is 5.60. The summed E-state index contributed by atoms with van der Waals surface area (Å²) in [7, 11) is 1.46. The lowest BCUT2D eigenvalue weighted by Crippen LogP contribution is -2.49. The van der Waals surface area contributed by atoms with Crippen molar-refractivity contribution in [1.82, 2.24) is 4.90 Å². The Kier molecular flexibility index (Phi) is 8.15. The molecular weight excluding hydrogens is 473 g/mol. The maximum atomic E-state index is 12.6. The second-order valence-electron chi connectivity index (χ2n) is 8.06. The van der Waals surface area contributed by atoms with Crippen molar-refractivity contribution in [3.63, 3.8) is 0 Å². The van der Waals surface area contributed by atoms with Crippen molar-refractivity contribution < 1.29 is 14.3 Å². The van der Waals surface area contributed by atoms with Gasteiger partial charge in [0, 0.05) is 43.9 Å². The summed E-state index contributed by atoms with van der Waals surface area (Å²) in [6, 6.07) is 8.37. The number of benzene rings is 2. The van der Waals surface area contributed by atoms with E-state index in [9.17, 15) is 9.59 Å². The molecule has 0 aromatic heterocycles. The van der Waals surface area contributed by atoms with Crippen LogP contribution in [0.1, 0.15) is 30.6 Å². The summed E-state index contributed by atoms with van der Waals surface area (Å²) in [4.78, 5) is 29.0. The zero-order valence-electron chi connectivity index (χ0n) is 18.3. The normalized spacial score (nSPS) is 14.0. The van der Waals surface area contributed by atoms with Crippen LogP contribution in [-0.4, -0.2) is 50.0 Å². The number of halogens is 3. The lowest BCUT2D eigenvalue weighted by molar-refractivity contribution is -0.132. The number of hydrogen-bond donors (Lipinski definition) is 1. The first kappa shape index (κ1) is 24.5. The fourth-order valence-corrected chi connectivity index (χ4v) is 4.55. The van der Waals surface area contributed by atoms with E-state index in [-0.39, 0.29) is 21.9 Å². The number of piperazine rings is 1. The molecule has 0 unspecified atom stereocenters. The number of anilines is 2. The van der Waals surface area contributed by atoms with E-state index in [4.69, 9.17) is 39.5 Å². The Balaban J connectivity index is 1.65. The van der Waals surface area contributed by atoms with E-state index >= 15 is 0 Å². The summed E-state index contributed by atoms with van der Waals surface area (Å²) in [5.74, 6) is 0.506. The van der Waals surface area contributed by atoms with Gasteiger partial charge in [-0.25, -0.2) is 0 Å². The van der Waals surface area contributed by atoms with Crippen LogP contribution in [0.3, 0.4) is 0 Å². The number of hydrogen-bond acceptors (Lipinski definition) is 4. The molecule has 3 rings (SSSR count). The second kappa shape index (κ2) is 10.6. The van der Waals surface area contributed by atoms with Crippen molar-refractivity contribution in [2.24, 2.45) is 5.92 Å². The Morgan fingerprint density at radius 3 is 2.16 bits per heavy atom. The smallest absolute Gasteiger partial charge is 0.255 e. The van der Waals surface area contributed by atoms with Gasteiger partial charge in [-0.15, -0.1) is 0 Å². The zero-order valence-corrected chi connectivity index (χ0v) is 20.5. The Morgan fingerprint density at radius 2 is 1.62 bits per heavy atom. The first-order chi connectivity index (χ1) is 15.2. The van der Waals surface area contributed by atoms with E-state index in [1.54, 1.807) is 12.1 Å². The Bertz CT molecular complexity index is 982. The van der Waals surface area contributed by atoms with Crippen molar-refractivity contribution in [1.29, 1.82) is 0 Å². The van der Waals surface area contributed by atoms with E-state index < -0.39 is 0 Å². The number of rotatable bonds is 6. The summed E-state index contributed by atoms with van der Waals surface area (Å²) in [6.45, 7) is 6.84. The molecule has 2 aromatic rings. The van der Waals surface area contributed by atoms with Crippen molar-refractivity contribution in [2.45, 2.75) is 20.3 Å². The summed E-state index contributed by atoms with van der Waals surface area (Å²) in [6.07, 6.45) is 0.569. The van der Waals surface area contributed by atoms with Crippen molar-refractivity contribution in [3.05, 3.63) is 51.0 Å². The van der Waals surface area contributed by atoms with Crippen LogP contribution in [-0.2, 0) is 4.79 Å². The van der Waals surface area contributed by atoms with Crippen LogP contribution in [0, 0.1) is 5.92 Å². The minimum Gasteiger partial charge on any atom is -0.494 e. The van der Waals surface area contributed by atoms with E-state index in [1.807, 2.05) is 24.8 Å². The van der Waals surface area contributed by atoms with Gasteiger partial charge in [0.2, 0.25) is 5.91 Å². The van der Waals surface area contributed by atoms with Crippen molar-refractivity contribution in [2.75, 3.05) is 43.5 Å². The molecule has 2 aromatic carbocycles. The number of ether oxygens (including phenoxy) is 1. The van der Waals surface area contributed by atoms with Gasteiger partial charge < -0.3 is 19.9 Å². The third-order valence-corrected chi connectivity index (χ3v) is 6.09. The highest BCUT2D eigenvalue weighted by Gasteiger charge is 2.23. The summed E-state index contributed by atoms with van der Waals surface area (Å²) in [5, 5.41) is 3.84. The highest BCUT2D eigenvalue weighted by atomic mass is 35.5. The molecule has 32 heavy (non-hydrogen) atoms. The highest BCUT2D eigenvalue weighted by molar-refractivity contribution is 6.38. The molecule has 1 N–H and O–H groups in total. The number of nitrogens with zero attached hydrogens (tertiary/aromatic N) is 2. The fraction of sp³-hybridized carbons (Fsp3) is 0.391. The molecule has 0 bridgehead atoms. The summed E-state index contributed by atoms with van der Waals surface area (Å²) in [5.41, 5.74) is 1.73. The molecule has 1 saturated heterocycles. The molecule has 0 spiro atoms. The summed E-state index contributed by atoms with van der Waals surface area (Å²) >= 11 is 18.8. The van der Waals surface area contributed by atoms with Crippen LogP contribution >= 0.6 is 34.8 Å². The highest BCUT2D eigenvalue weighted by Crippen LogP contribution is 2.34. The quantitative estimate of drug-likeness (QED) is 0.563. The van der Waals surface area contributed by atoms with E-state index in [2.05, 4.69) is 10.2 Å². The fourth-order valence-electron chi connectivity index (χ4n) is 3.61. The Hall–Kier alpha value is -2.15. The van der Waals surface area contributed by atoms with Gasteiger partial charge in [0.1, 0.15) is 0 Å². The first-order valence-electron chi connectivity index (χ1n) is 10.4. The molecule has 0 atom stereocenters. The molecule has 1 aliphatic rings. The van der Waals surface area contributed by atoms with Gasteiger partial charge in [0.15, 0.2) is 5.75 Å². The number of carbonyl (C=O) groups is 2. The Morgan fingerprint density at radius 1 is 1.00 bits per heavy atom. The summed E-state index contributed by atoms with van der Waals surface area (Å²) < 4.78 is 5.11. The topological polar surface area (TPSA) is 61.9 Å². The van der Waals surface area contributed by atoms with Crippen molar-refractivity contribution >= 4 is 58.0 Å². The van der Waals surface area contributed by atoms with Crippen LogP contribution in [0.5, 0.6) is 5.75 Å². The minimum atomic E-state index is -0.363. The number of methoxy groups -OCH3 is 1.